The number of H-pyrrole nitrogens is 1. The average Bonchev–Trinajstić information content (AvgIpc) is 4.18. The molecule has 4 N–H and O–H groups in total. The zero-order valence-corrected chi connectivity index (χ0v) is 41.4. The number of fused-ring (bicyclic) bond motifs is 5. The molecule has 0 bridgehead atoms. The molecule has 4 atom stereocenters. The molecule has 71 heavy (non-hydrogen) atoms. The third-order valence-corrected chi connectivity index (χ3v) is 13.8. The number of aliphatic imine (C=N–C) groups is 1. The van der Waals surface area contributed by atoms with E-state index in [2.05, 4.69) is 37.6 Å². The molecule has 0 saturated carbocycles. The van der Waals surface area contributed by atoms with Gasteiger partial charge in [-0.25, -0.2) is 19.0 Å². The first-order chi connectivity index (χ1) is 33.9. The summed E-state index contributed by atoms with van der Waals surface area (Å²) in [5, 5.41) is 9.34. The molecular weight excluding hydrogens is 947 g/mol. The van der Waals surface area contributed by atoms with Gasteiger partial charge in [-0.05, 0) is 85.8 Å². The number of rotatable bonds is 18. The molecule has 16 nitrogen and oxygen atoms in total. The number of benzene rings is 2. The van der Waals surface area contributed by atoms with Gasteiger partial charge in [0.1, 0.15) is 34.4 Å². The maximum atomic E-state index is 16.8. The van der Waals surface area contributed by atoms with Gasteiger partial charge in [-0.15, -0.1) is 11.3 Å². The predicted molar refractivity (Wildman–Crippen MR) is 262 cm³/mol. The van der Waals surface area contributed by atoms with E-state index in [9.17, 15) is 32.3 Å². The van der Waals surface area contributed by atoms with Crippen molar-refractivity contribution in [2.24, 2.45) is 16.8 Å². The molecule has 3 aromatic heterocycles. The number of hydrogen-bond donors (Lipinski definition) is 4. The maximum absolute atomic E-state index is 16.8. The number of amides is 4. The van der Waals surface area contributed by atoms with Crippen LogP contribution >= 0.6 is 11.3 Å². The largest absolute Gasteiger partial charge is 0.464 e. The van der Waals surface area contributed by atoms with E-state index >= 15 is 4.39 Å². The summed E-state index contributed by atoms with van der Waals surface area (Å²) in [5.41, 5.74) is 3.00. The monoisotopic (exact) mass is 1010 g/mol. The van der Waals surface area contributed by atoms with Crippen molar-refractivity contribution < 1.29 is 51.0 Å². The highest BCUT2D eigenvalue weighted by molar-refractivity contribution is 7.12. The third-order valence-electron chi connectivity index (χ3n) is 12.6. The Morgan fingerprint density at radius 3 is 2.39 bits per heavy atom. The first kappa shape index (κ1) is 51.9. The number of likely N-dealkylation sites (tertiary alicyclic amines) is 1. The number of nitrogens with one attached hydrogen (secondary N) is 4. The number of methoxy groups -OCH3 is 2. The molecule has 0 aliphatic carbocycles. The number of carbonyl (C=O) groups is 4. The van der Waals surface area contributed by atoms with Crippen LogP contribution in [-0.4, -0.2) is 107 Å². The van der Waals surface area contributed by atoms with E-state index in [0.29, 0.717) is 88.8 Å². The lowest BCUT2D eigenvalue weighted by atomic mass is 10.0. The number of hydrogen-bond acceptors (Lipinski definition) is 11. The number of halogens is 4. The van der Waals surface area contributed by atoms with Crippen molar-refractivity contribution in [1.29, 1.82) is 0 Å². The van der Waals surface area contributed by atoms with Crippen LogP contribution in [0.5, 0.6) is 5.75 Å². The Hall–Kier alpha value is -6.90. The number of imidazole rings is 1. The van der Waals surface area contributed by atoms with Gasteiger partial charge >= 0.3 is 18.4 Å². The van der Waals surface area contributed by atoms with Gasteiger partial charge < -0.3 is 44.9 Å². The van der Waals surface area contributed by atoms with Crippen LogP contribution in [0, 0.1) is 17.7 Å². The Labute approximate surface area is 412 Å². The van der Waals surface area contributed by atoms with E-state index in [1.165, 1.54) is 32.5 Å². The number of carbonyl (C=O) groups excluding carboxylic acids is 4. The lowest BCUT2D eigenvalue weighted by Gasteiger charge is -2.31. The van der Waals surface area contributed by atoms with E-state index in [1.54, 1.807) is 44.8 Å². The highest BCUT2D eigenvalue weighted by Gasteiger charge is 2.38. The second-order valence-electron chi connectivity index (χ2n) is 18.2. The Kier molecular flexibility index (Phi) is 16.1. The van der Waals surface area contributed by atoms with E-state index < -0.39 is 47.4 Å². The Bertz CT molecular complexity index is 2800. The van der Waals surface area contributed by atoms with Gasteiger partial charge in [0, 0.05) is 42.8 Å². The van der Waals surface area contributed by atoms with Crippen molar-refractivity contribution in [3.05, 3.63) is 87.9 Å². The first-order valence-electron chi connectivity index (χ1n) is 23.4. The molecule has 0 spiro atoms. The van der Waals surface area contributed by atoms with E-state index in [-0.39, 0.29) is 52.4 Å². The second-order valence-corrected chi connectivity index (χ2v) is 19.3. The first-order valence-corrected chi connectivity index (χ1v) is 24.2. The SMILES string of the molecule is C=N/C=C(\NCC1CCCN1C(=O)C(NC(=O)OC)C(C)C)c1ccc2c(c1)cc1n2C(c2ccc(C(F)(F)F)s2)Oc2cc(-c3cnc(CN(CCCC)C(=O)[C@@H](NC(=O)OC)C(C)C)[nH]3)cc(F)c2-1. The number of nitrogens with zero attached hydrogens (tertiary/aromatic N) is 5. The van der Waals surface area contributed by atoms with Crippen LogP contribution in [0.15, 0.2) is 65.9 Å². The Morgan fingerprint density at radius 1 is 1.03 bits per heavy atom. The van der Waals surface area contributed by atoms with E-state index in [1.807, 2.05) is 40.7 Å². The summed E-state index contributed by atoms with van der Waals surface area (Å²) in [5.74, 6) is -1.17. The summed E-state index contributed by atoms with van der Waals surface area (Å²) in [6, 6.07) is 10.6. The molecule has 5 heterocycles. The summed E-state index contributed by atoms with van der Waals surface area (Å²) in [6.07, 6.45) is -1.15. The van der Waals surface area contributed by atoms with Crippen LogP contribution < -0.4 is 20.7 Å². The zero-order valence-electron chi connectivity index (χ0n) is 40.6. The minimum absolute atomic E-state index is 0.0574. The molecule has 2 aliphatic rings. The molecule has 7 rings (SSSR count). The van der Waals surface area contributed by atoms with Gasteiger partial charge in [-0.3, -0.25) is 19.1 Å². The number of alkyl halides is 3. The molecule has 5 aromatic rings. The molecule has 3 unspecified atom stereocenters. The van der Waals surface area contributed by atoms with Crippen molar-refractivity contribution >= 4 is 58.7 Å². The smallest absolute Gasteiger partial charge is 0.425 e. The normalized spacial score (nSPS) is 16.5. The molecule has 2 aromatic carbocycles. The minimum Gasteiger partial charge on any atom is -0.464 e. The van der Waals surface area contributed by atoms with Crippen LogP contribution in [0.25, 0.3) is 39.1 Å². The summed E-state index contributed by atoms with van der Waals surface area (Å²) >= 11 is 0.532. The highest BCUT2D eigenvalue weighted by Crippen LogP contribution is 2.49. The summed E-state index contributed by atoms with van der Waals surface area (Å²) in [6.45, 7) is 14.3. The fourth-order valence-electron chi connectivity index (χ4n) is 8.96. The lowest BCUT2D eigenvalue weighted by molar-refractivity contribution is -0.136. The average molecular weight is 1010 g/mol. The van der Waals surface area contributed by atoms with Gasteiger partial charge in [0.05, 0.1) is 60.0 Å². The molecular formula is C50H59F4N9O7S. The molecule has 0 radical (unpaired) electrons. The molecule has 21 heteroatoms. The van der Waals surface area contributed by atoms with Crippen LogP contribution in [-0.2, 0) is 31.8 Å². The van der Waals surface area contributed by atoms with Gasteiger partial charge in [0.15, 0.2) is 0 Å². The fraction of sp³-hybridized carbons (Fsp3) is 0.440. The van der Waals surface area contributed by atoms with Crippen molar-refractivity contribution in [1.82, 2.24) is 40.3 Å². The van der Waals surface area contributed by atoms with E-state index in [0.717, 1.165) is 18.9 Å². The summed E-state index contributed by atoms with van der Waals surface area (Å²) < 4.78 is 76.7. The highest BCUT2D eigenvalue weighted by atomic mass is 32.1. The molecule has 2 aliphatic heterocycles. The number of alkyl carbamates (subject to hydrolysis) is 2. The number of aromatic nitrogens is 3. The maximum Gasteiger partial charge on any atom is 0.425 e. The van der Waals surface area contributed by atoms with Crippen molar-refractivity contribution in [3.8, 4) is 28.3 Å². The quantitative estimate of drug-likeness (QED) is 0.0491. The molecule has 380 valence electrons. The summed E-state index contributed by atoms with van der Waals surface area (Å²) in [7, 11) is 2.46. The standard InChI is InChI=1S/C50H59F4N9O7S/c1-9-10-17-61(45(64)43(27(2)3)59-48(66)68-7)26-41-57-25-35(58-41)30-20-33(51)42-37-21-31-19-29(13-14-36(31)63(37)47(70-38(42)22-30)39-15-16-40(71-39)50(52,53)54)34(24-55-6)56-23-32-12-11-18-62(32)46(65)44(28(4)5)60-49(67)69-8/h13-16,19-22,24-25,27-28,32,43-44,47,56H,6,9-12,17-18,23,26H2,1-5,7-8H3,(H,57,58)(H,59,66)(H,60,67)/b34-24-/t32?,43-,44?,47?/m0/s1. The van der Waals surface area contributed by atoms with Crippen LogP contribution in [0.2, 0.25) is 0 Å². The molecule has 4 amide bonds. The number of thiophene rings is 1. The van der Waals surface area contributed by atoms with Crippen molar-refractivity contribution in [2.75, 3.05) is 33.9 Å². The summed E-state index contributed by atoms with van der Waals surface area (Å²) in [4.78, 5) is 66.3. The minimum atomic E-state index is -4.61. The second kappa shape index (κ2) is 22.0. The van der Waals surface area contributed by atoms with Crippen molar-refractivity contribution in [3.63, 3.8) is 0 Å². The molecule has 1 fully saturated rings. The lowest BCUT2D eigenvalue weighted by Crippen LogP contribution is -2.53. The topological polar surface area (TPSA) is 185 Å². The van der Waals surface area contributed by atoms with Crippen LogP contribution in [0.1, 0.15) is 87.7 Å². The van der Waals surface area contributed by atoms with Crippen LogP contribution in [0.4, 0.5) is 27.2 Å². The van der Waals surface area contributed by atoms with Gasteiger partial charge in [0.25, 0.3) is 0 Å². The van der Waals surface area contributed by atoms with Gasteiger partial charge in [-0.2, -0.15) is 13.2 Å². The zero-order chi connectivity index (χ0) is 51.3. The van der Waals surface area contributed by atoms with Crippen LogP contribution in [0.3, 0.4) is 0 Å². The Morgan fingerprint density at radius 2 is 1.75 bits per heavy atom. The Balaban J connectivity index is 1.21. The predicted octanol–water partition coefficient (Wildman–Crippen LogP) is 9.33. The number of ether oxygens (including phenoxy) is 3. The van der Waals surface area contributed by atoms with Gasteiger partial charge in [-0.1, -0.05) is 47.1 Å². The number of unbranched alkanes of at least 4 members (excludes halogenated alkanes) is 1. The van der Waals surface area contributed by atoms with Gasteiger partial charge in [0.2, 0.25) is 18.0 Å². The molecule has 1 saturated heterocycles. The van der Waals surface area contributed by atoms with E-state index in [4.69, 9.17) is 14.2 Å². The third kappa shape index (κ3) is 11.3. The fourth-order valence-corrected chi connectivity index (χ4v) is 9.86. The van der Waals surface area contributed by atoms with Crippen molar-refractivity contribution in [2.45, 2.75) is 97.4 Å². The number of aromatic amines is 1.